The van der Waals surface area contributed by atoms with Crippen molar-refractivity contribution in [3.63, 3.8) is 0 Å². The molecule has 1 heterocycles. The van der Waals surface area contributed by atoms with Crippen LogP contribution in [0.25, 0.3) is 111 Å². The Bertz CT molecular complexity index is 5480. The normalized spacial score (nSPS) is 16.4. The molecule has 0 bridgehead atoms. The van der Waals surface area contributed by atoms with Crippen LogP contribution in [0.4, 0.5) is 0 Å². The zero-order valence-corrected chi connectivity index (χ0v) is 81.2. The van der Waals surface area contributed by atoms with Crippen molar-refractivity contribution in [1.29, 1.82) is 0 Å². The van der Waals surface area contributed by atoms with Crippen molar-refractivity contribution in [3.05, 3.63) is 269 Å². The molecule has 16 rings (SSSR count). The minimum absolute atomic E-state index is 0.0559. The second-order valence-corrected chi connectivity index (χ2v) is 41.9. The summed E-state index contributed by atoms with van der Waals surface area (Å²) in [5.74, 6) is 0. The van der Waals surface area contributed by atoms with E-state index in [2.05, 4.69) is 308 Å². The molecule has 1 saturated heterocycles. The smallest absolute Gasteiger partial charge is 0.399 e. The van der Waals surface area contributed by atoms with Crippen LogP contribution in [0.5, 0.6) is 0 Å². The van der Waals surface area contributed by atoms with Crippen molar-refractivity contribution >= 4 is 12.6 Å². The highest BCUT2D eigenvalue weighted by Gasteiger charge is 2.52. The molecular weight excluding hydrogens is 1540 g/mol. The number of rotatable bonds is 48. The van der Waals surface area contributed by atoms with E-state index in [-0.39, 0.29) is 40.0 Å². The first-order valence-electron chi connectivity index (χ1n) is 52.2. The fourth-order valence-electron chi connectivity index (χ4n) is 24.0. The molecule has 0 saturated carbocycles. The van der Waals surface area contributed by atoms with Crippen LogP contribution in [-0.2, 0) is 31.0 Å². The van der Waals surface area contributed by atoms with Crippen LogP contribution < -0.4 is 5.46 Å². The lowest BCUT2D eigenvalue weighted by molar-refractivity contribution is 0.00578. The van der Waals surface area contributed by atoms with Crippen LogP contribution in [0.3, 0.4) is 0 Å². The van der Waals surface area contributed by atoms with Gasteiger partial charge in [0.15, 0.2) is 0 Å². The summed E-state index contributed by atoms with van der Waals surface area (Å²) in [5, 5.41) is 0. The fourth-order valence-corrected chi connectivity index (χ4v) is 24.0. The van der Waals surface area contributed by atoms with Gasteiger partial charge in [-0.15, -0.1) is 0 Å². The van der Waals surface area contributed by atoms with Gasteiger partial charge < -0.3 is 9.31 Å². The van der Waals surface area contributed by atoms with Crippen molar-refractivity contribution < 1.29 is 9.31 Å². The van der Waals surface area contributed by atoms with Gasteiger partial charge in [0.1, 0.15) is 0 Å². The first kappa shape index (κ1) is 92.7. The van der Waals surface area contributed by atoms with Crippen molar-refractivity contribution in [2.45, 2.75) is 379 Å². The van der Waals surface area contributed by atoms with Gasteiger partial charge in [0.05, 0.1) is 11.2 Å². The van der Waals surface area contributed by atoms with Gasteiger partial charge in [0, 0.05) is 21.7 Å². The third-order valence-electron chi connectivity index (χ3n) is 32.4. The molecule has 128 heavy (non-hydrogen) atoms. The van der Waals surface area contributed by atoms with Crippen LogP contribution in [0, 0.1) is 0 Å². The van der Waals surface area contributed by atoms with E-state index in [1.165, 1.54) is 391 Å². The molecule has 11 aromatic carbocycles. The monoisotopic (exact) mass is 1700 g/mol. The number of fused-ring (bicyclic) bond motifs is 12. The molecule has 5 aliphatic rings. The van der Waals surface area contributed by atoms with Crippen molar-refractivity contribution in [3.8, 4) is 111 Å². The lowest BCUT2D eigenvalue weighted by Gasteiger charge is -2.33. The molecule has 670 valence electrons. The van der Waals surface area contributed by atoms with E-state index >= 15 is 0 Å². The highest BCUT2D eigenvalue weighted by atomic mass is 16.7. The molecule has 0 amide bonds. The van der Waals surface area contributed by atoms with Crippen molar-refractivity contribution in [2.75, 3.05) is 0 Å². The second kappa shape index (κ2) is 41.9. The standard InChI is InChI=1S/C125H155BO2/c1-13-19-25-31-37-45-78-123(79-46-38-32-26-20-14-2)112-51-43-42-50-104(112)107-77-68-102(90-115(107)123)101-67-72-106-105-71-62-96(84-113(105)120(7,8)114(106)85-101)91-52-54-92(55-53-91)97-63-73-108-109-74-64-99(88-118(109)125(117(108)87-97,82-48-40-34-28-22-16-4)83-49-41-35-29-23-17-5)94-58-56-93(57-59-94)98-65-75-110-111-76-66-100(95-60-69-103(70-61-95)126-127-121(9,10)122(11,12)128-126)89-119(111)124(116(110)86-98,80-44-36-30-24-18-6)81-47-39-33-27-21-15-3/h42-43,50-77,84-90H,13-41,44-49,78-83H2,1-12H3. The maximum absolute atomic E-state index is 6.54. The quantitative estimate of drug-likeness (QED) is 0.0280. The van der Waals surface area contributed by atoms with Crippen molar-refractivity contribution in [2.24, 2.45) is 0 Å². The van der Waals surface area contributed by atoms with E-state index in [0.717, 1.165) is 5.46 Å². The zero-order valence-electron chi connectivity index (χ0n) is 81.2. The molecule has 3 heteroatoms. The molecule has 4 aliphatic carbocycles. The first-order chi connectivity index (χ1) is 62.4. The number of hydrogen-bond donors (Lipinski definition) is 0. The fraction of sp³-hybridized carbons (Fsp3) is 0.472. The molecule has 0 radical (unpaired) electrons. The third-order valence-corrected chi connectivity index (χ3v) is 32.4. The predicted molar refractivity (Wildman–Crippen MR) is 554 cm³/mol. The molecule has 0 aromatic heterocycles. The maximum Gasteiger partial charge on any atom is 0.494 e. The Kier molecular flexibility index (Phi) is 30.3. The Morgan fingerprint density at radius 3 is 0.633 bits per heavy atom. The summed E-state index contributed by atoms with van der Waals surface area (Å²) in [6.45, 7) is 27.6. The largest absolute Gasteiger partial charge is 0.494 e. The van der Waals surface area contributed by atoms with Gasteiger partial charge in [-0.05, 0) is 270 Å². The highest BCUT2D eigenvalue weighted by molar-refractivity contribution is 6.62. The maximum atomic E-state index is 6.54. The predicted octanol–water partition coefficient (Wildman–Crippen LogP) is 37.2. The van der Waals surface area contributed by atoms with Crippen LogP contribution >= 0.6 is 0 Å². The van der Waals surface area contributed by atoms with E-state index in [4.69, 9.17) is 9.31 Å². The van der Waals surface area contributed by atoms with Gasteiger partial charge in [-0.25, -0.2) is 0 Å². The summed E-state index contributed by atoms with van der Waals surface area (Å²) >= 11 is 0. The lowest BCUT2D eigenvalue weighted by Crippen LogP contribution is -2.41. The van der Waals surface area contributed by atoms with Crippen LogP contribution in [-0.4, -0.2) is 18.3 Å². The molecule has 1 fully saturated rings. The van der Waals surface area contributed by atoms with Gasteiger partial charge in [-0.2, -0.15) is 0 Å². The van der Waals surface area contributed by atoms with Gasteiger partial charge >= 0.3 is 7.12 Å². The summed E-state index contributed by atoms with van der Waals surface area (Å²) in [6, 6.07) is 91.0. The SMILES string of the molecule is CCCCCCCCC1(CCCCCCC)c2cc(-c3ccc(B4OC(C)(C)C(C)(C)O4)cc3)ccc2-c2ccc(-c3ccc(-c4ccc5c(c4)C(CCCCCCCC)(CCCCCCCC)c4cc(-c6ccc(-c7ccc8c(c7)C(C)(C)c7cc(-c9ccc%10c(c9)C(CCCCCCCC)(CCCCCCCC)c9ccccc9-%10)ccc7-8)cc6)ccc4-5)cc3)cc21. The van der Waals surface area contributed by atoms with Gasteiger partial charge in [0.2, 0.25) is 0 Å². The summed E-state index contributed by atoms with van der Waals surface area (Å²) in [4.78, 5) is 0. The minimum atomic E-state index is -0.386. The van der Waals surface area contributed by atoms with Crippen LogP contribution in [0.1, 0.15) is 391 Å². The van der Waals surface area contributed by atoms with E-state index in [9.17, 15) is 0 Å². The van der Waals surface area contributed by atoms with Gasteiger partial charge in [0.25, 0.3) is 0 Å². The van der Waals surface area contributed by atoms with E-state index < -0.39 is 0 Å². The number of benzene rings is 11. The number of hydrogen-bond acceptors (Lipinski definition) is 2. The Balaban J connectivity index is 0.680. The highest BCUT2D eigenvalue weighted by Crippen LogP contribution is 2.61. The molecular formula is C125H155BO2. The summed E-state index contributed by atoms with van der Waals surface area (Å²) in [7, 11) is -0.381. The Morgan fingerprint density at radius 1 is 0.188 bits per heavy atom. The Labute approximate surface area is 776 Å². The Hall–Kier alpha value is -8.60. The summed E-state index contributed by atoms with van der Waals surface area (Å²) in [6.07, 6.45) is 52.9. The third kappa shape index (κ3) is 19.3. The lowest BCUT2D eigenvalue weighted by atomic mass is 9.69. The second-order valence-electron chi connectivity index (χ2n) is 41.9. The zero-order chi connectivity index (χ0) is 88.9. The average Bonchev–Trinajstić information content (AvgIpc) is 1.57. The van der Waals surface area contributed by atoms with Crippen LogP contribution in [0.15, 0.2) is 224 Å². The topological polar surface area (TPSA) is 18.5 Å². The molecule has 2 nitrogen and oxygen atoms in total. The average molecular weight is 1700 g/mol. The first-order valence-corrected chi connectivity index (χ1v) is 52.2. The molecule has 0 spiro atoms. The van der Waals surface area contributed by atoms with Crippen molar-refractivity contribution in [1.82, 2.24) is 0 Å². The van der Waals surface area contributed by atoms with E-state index in [1.54, 1.807) is 27.8 Å². The molecule has 1 atom stereocenters. The van der Waals surface area contributed by atoms with E-state index in [0.29, 0.717) is 0 Å². The van der Waals surface area contributed by atoms with Gasteiger partial charge in [-0.1, -0.05) is 462 Å². The Morgan fingerprint density at radius 2 is 0.375 bits per heavy atom. The molecule has 11 aromatic rings. The molecule has 0 N–H and O–H groups in total. The van der Waals surface area contributed by atoms with Crippen LogP contribution in [0.2, 0.25) is 0 Å². The van der Waals surface area contributed by atoms with E-state index in [1.807, 2.05) is 0 Å². The molecule has 1 unspecified atom stereocenters. The molecule has 1 aliphatic heterocycles. The summed E-state index contributed by atoms with van der Waals surface area (Å²) in [5.41, 5.74) is 39.5. The van der Waals surface area contributed by atoms with Gasteiger partial charge in [-0.3, -0.25) is 0 Å². The number of unbranched alkanes of at least 4 members (excludes halogenated alkanes) is 29. The minimum Gasteiger partial charge on any atom is -0.399 e. The summed E-state index contributed by atoms with van der Waals surface area (Å²) < 4.78 is 13.1.